The second kappa shape index (κ2) is 5.46. The second-order valence-corrected chi connectivity index (χ2v) is 5.94. The summed E-state index contributed by atoms with van der Waals surface area (Å²) in [5, 5.41) is 0.0273. The molecule has 0 spiro atoms. The number of nitrogens with zero attached hydrogens (tertiary/aromatic N) is 3. The Morgan fingerprint density at radius 1 is 1.48 bits per heavy atom. The van der Waals surface area contributed by atoms with Crippen molar-refractivity contribution < 1.29 is 9.18 Å². The number of fused-ring (bicyclic) bond motifs is 1. The number of carbonyl (C=O) groups is 1. The minimum atomic E-state index is -0.512. The van der Waals surface area contributed by atoms with Crippen LogP contribution >= 0.6 is 23.2 Å². The number of alkyl halides is 1. The third-order valence-electron chi connectivity index (χ3n) is 3.83. The normalized spacial score (nSPS) is 19.0. The first kappa shape index (κ1) is 14.6. The molecule has 1 aliphatic heterocycles. The number of halogens is 3. The van der Waals surface area contributed by atoms with E-state index in [1.165, 1.54) is 12.1 Å². The minimum absolute atomic E-state index is 0.0143. The van der Waals surface area contributed by atoms with Gasteiger partial charge in [0.15, 0.2) is 0 Å². The SMILES string of the molecule is CN1CCC(n2c(CCCl)nc3cc(Cl)c(F)cc32)C1=O. The van der Waals surface area contributed by atoms with Gasteiger partial charge in [-0.1, -0.05) is 11.6 Å². The largest absolute Gasteiger partial charge is 0.344 e. The molecule has 1 saturated heterocycles. The molecule has 1 amide bonds. The summed E-state index contributed by atoms with van der Waals surface area (Å²) >= 11 is 11.6. The van der Waals surface area contributed by atoms with Crippen molar-refractivity contribution in [2.45, 2.75) is 18.9 Å². The lowest BCUT2D eigenvalue weighted by Gasteiger charge is -2.15. The van der Waals surface area contributed by atoms with Crippen LogP contribution in [0, 0.1) is 5.82 Å². The van der Waals surface area contributed by atoms with Gasteiger partial charge in [-0.05, 0) is 12.5 Å². The highest BCUT2D eigenvalue weighted by molar-refractivity contribution is 6.31. The van der Waals surface area contributed by atoms with Crippen LogP contribution < -0.4 is 0 Å². The summed E-state index contributed by atoms with van der Waals surface area (Å²) in [6.45, 7) is 0.680. The number of likely N-dealkylation sites (tertiary alicyclic amines) is 1. The monoisotopic (exact) mass is 329 g/mol. The molecule has 1 unspecified atom stereocenters. The summed E-state index contributed by atoms with van der Waals surface area (Å²) in [7, 11) is 1.76. The molecule has 1 aromatic carbocycles. The summed E-state index contributed by atoms with van der Waals surface area (Å²) in [5.74, 6) is 0.577. The number of benzene rings is 1. The molecule has 7 heteroatoms. The molecule has 112 valence electrons. The van der Waals surface area contributed by atoms with Crippen molar-refractivity contribution in [1.82, 2.24) is 14.5 Å². The van der Waals surface area contributed by atoms with Gasteiger partial charge >= 0.3 is 0 Å². The van der Waals surface area contributed by atoms with Gasteiger partial charge in [-0.25, -0.2) is 9.37 Å². The molecule has 0 saturated carbocycles. The fourth-order valence-corrected chi connectivity index (χ4v) is 3.12. The van der Waals surface area contributed by atoms with Gasteiger partial charge in [0.2, 0.25) is 5.91 Å². The molecule has 21 heavy (non-hydrogen) atoms. The fraction of sp³-hybridized carbons (Fsp3) is 0.429. The Morgan fingerprint density at radius 2 is 2.24 bits per heavy atom. The number of amides is 1. The van der Waals surface area contributed by atoms with Gasteiger partial charge in [0.25, 0.3) is 0 Å². The Balaban J connectivity index is 2.20. The highest BCUT2D eigenvalue weighted by atomic mass is 35.5. The number of hydrogen-bond acceptors (Lipinski definition) is 2. The lowest BCUT2D eigenvalue weighted by atomic mass is 10.2. The van der Waals surface area contributed by atoms with Crippen LogP contribution in [0.25, 0.3) is 11.0 Å². The molecule has 3 rings (SSSR count). The Hall–Kier alpha value is -1.33. The van der Waals surface area contributed by atoms with Crippen LogP contribution in [-0.2, 0) is 11.2 Å². The van der Waals surface area contributed by atoms with Gasteiger partial charge in [0, 0.05) is 32.0 Å². The smallest absolute Gasteiger partial charge is 0.245 e. The van der Waals surface area contributed by atoms with Crippen LogP contribution in [0.4, 0.5) is 4.39 Å². The lowest BCUT2D eigenvalue weighted by Crippen LogP contribution is -2.25. The molecular formula is C14H14Cl2FN3O. The van der Waals surface area contributed by atoms with Crippen LogP contribution in [0.5, 0.6) is 0 Å². The number of rotatable bonds is 3. The van der Waals surface area contributed by atoms with Gasteiger partial charge < -0.3 is 9.47 Å². The number of likely N-dealkylation sites (N-methyl/N-ethyl adjacent to an activating group) is 1. The summed E-state index contributed by atoms with van der Waals surface area (Å²) < 4.78 is 15.6. The van der Waals surface area contributed by atoms with E-state index in [0.717, 1.165) is 0 Å². The van der Waals surface area contributed by atoms with E-state index in [9.17, 15) is 9.18 Å². The van der Waals surface area contributed by atoms with Gasteiger partial charge in [0.1, 0.15) is 17.7 Å². The zero-order chi connectivity index (χ0) is 15.1. The maximum absolute atomic E-state index is 13.8. The standard InChI is InChI=1S/C14H14Cl2FN3O/c1-19-5-3-11(14(19)21)20-12-7-9(17)8(16)6-10(12)18-13(20)2-4-15/h6-7,11H,2-5H2,1H3. The first-order valence-electron chi connectivity index (χ1n) is 6.69. The first-order chi connectivity index (χ1) is 10.0. The van der Waals surface area contributed by atoms with E-state index in [0.29, 0.717) is 42.1 Å². The molecule has 0 aliphatic carbocycles. The first-order valence-corrected chi connectivity index (χ1v) is 7.61. The molecule has 0 bridgehead atoms. The van der Waals surface area contributed by atoms with Crippen molar-refractivity contribution in [1.29, 1.82) is 0 Å². The van der Waals surface area contributed by atoms with Crippen molar-refractivity contribution >= 4 is 40.1 Å². The van der Waals surface area contributed by atoms with Gasteiger partial charge in [-0.15, -0.1) is 11.6 Å². The second-order valence-electron chi connectivity index (χ2n) is 5.16. The molecule has 2 aromatic rings. The van der Waals surface area contributed by atoms with E-state index >= 15 is 0 Å². The minimum Gasteiger partial charge on any atom is -0.344 e. The zero-order valence-corrected chi connectivity index (χ0v) is 13.0. The van der Waals surface area contributed by atoms with Crippen LogP contribution in [0.15, 0.2) is 12.1 Å². The van der Waals surface area contributed by atoms with Crippen LogP contribution in [0.2, 0.25) is 5.02 Å². The Morgan fingerprint density at radius 3 is 2.86 bits per heavy atom. The van der Waals surface area contributed by atoms with E-state index in [1.807, 2.05) is 4.57 Å². The van der Waals surface area contributed by atoms with Crippen molar-refractivity contribution in [2.75, 3.05) is 19.5 Å². The highest BCUT2D eigenvalue weighted by Gasteiger charge is 2.33. The summed E-state index contributed by atoms with van der Waals surface area (Å²) in [6.07, 6.45) is 1.20. The molecule has 0 N–H and O–H groups in total. The third-order valence-corrected chi connectivity index (χ3v) is 4.31. The number of imidazole rings is 1. The van der Waals surface area contributed by atoms with E-state index in [-0.39, 0.29) is 17.0 Å². The zero-order valence-electron chi connectivity index (χ0n) is 11.4. The number of hydrogen-bond donors (Lipinski definition) is 0. The van der Waals surface area contributed by atoms with E-state index in [4.69, 9.17) is 23.2 Å². The summed E-state index contributed by atoms with van der Waals surface area (Å²) in [6, 6.07) is 2.48. The van der Waals surface area contributed by atoms with Crippen LogP contribution in [-0.4, -0.2) is 39.8 Å². The fourth-order valence-electron chi connectivity index (χ4n) is 2.79. The molecule has 1 aliphatic rings. The number of aromatic nitrogens is 2. The Labute approximate surface area is 131 Å². The van der Waals surface area contributed by atoms with Gasteiger partial charge in [-0.3, -0.25) is 4.79 Å². The predicted octanol–water partition coefficient (Wildman–Crippen LogP) is 3.01. The molecule has 4 nitrogen and oxygen atoms in total. The average molecular weight is 330 g/mol. The molecular weight excluding hydrogens is 316 g/mol. The molecule has 1 aromatic heterocycles. The third kappa shape index (κ3) is 2.38. The number of aryl methyl sites for hydroxylation is 1. The van der Waals surface area contributed by atoms with Crippen LogP contribution in [0.1, 0.15) is 18.3 Å². The number of carbonyl (C=O) groups excluding carboxylic acids is 1. The van der Waals surface area contributed by atoms with E-state index in [2.05, 4.69) is 4.98 Å². The van der Waals surface area contributed by atoms with Gasteiger partial charge in [0.05, 0.1) is 16.1 Å². The van der Waals surface area contributed by atoms with E-state index in [1.54, 1.807) is 11.9 Å². The molecule has 1 atom stereocenters. The van der Waals surface area contributed by atoms with Crippen molar-refractivity contribution in [3.05, 3.63) is 28.8 Å². The predicted molar refractivity (Wildman–Crippen MR) is 80.4 cm³/mol. The molecule has 0 radical (unpaired) electrons. The molecule has 1 fully saturated rings. The maximum Gasteiger partial charge on any atom is 0.245 e. The maximum atomic E-state index is 13.8. The Bertz CT molecular complexity index is 716. The van der Waals surface area contributed by atoms with Crippen LogP contribution in [0.3, 0.4) is 0 Å². The average Bonchev–Trinajstić information content (AvgIpc) is 2.93. The topological polar surface area (TPSA) is 38.1 Å². The molecule has 2 heterocycles. The summed E-state index contributed by atoms with van der Waals surface area (Å²) in [5.41, 5.74) is 1.18. The van der Waals surface area contributed by atoms with E-state index < -0.39 is 5.82 Å². The van der Waals surface area contributed by atoms with Gasteiger partial charge in [-0.2, -0.15) is 0 Å². The van der Waals surface area contributed by atoms with Crippen molar-refractivity contribution in [3.8, 4) is 0 Å². The quantitative estimate of drug-likeness (QED) is 0.812. The lowest BCUT2D eigenvalue weighted by molar-refractivity contribution is -0.129. The summed E-state index contributed by atoms with van der Waals surface area (Å²) in [4.78, 5) is 18.4. The van der Waals surface area contributed by atoms with Crippen molar-refractivity contribution in [2.24, 2.45) is 0 Å². The highest BCUT2D eigenvalue weighted by Crippen LogP contribution is 2.31. The van der Waals surface area contributed by atoms with Crippen molar-refractivity contribution in [3.63, 3.8) is 0 Å². The Kier molecular flexibility index (Phi) is 3.80.